The van der Waals surface area contributed by atoms with Gasteiger partial charge < -0.3 is 4.74 Å². The van der Waals surface area contributed by atoms with Gasteiger partial charge in [0.15, 0.2) is 5.75 Å². The standard InChI is InChI=1S/C13H8ClIN4O3/c1-22-11-4-7(19(20)21)2-3-9(11)18-10-5-12(14)16-6-8(10)13(15)17-18/h2-6H,1H3. The van der Waals surface area contributed by atoms with Crippen molar-refractivity contribution in [3.05, 3.63) is 49.4 Å². The summed E-state index contributed by atoms with van der Waals surface area (Å²) < 4.78 is 7.64. The Morgan fingerprint density at radius 3 is 2.86 bits per heavy atom. The number of non-ortho nitro benzene ring substituents is 1. The van der Waals surface area contributed by atoms with E-state index < -0.39 is 4.92 Å². The third-order valence-corrected chi connectivity index (χ3v) is 4.09. The van der Waals surface area contributed by atoms with E-state index in [-0.39, 0.29) is 5.69 Å². The summed E-state index contributed by atoms with van der Waals surface area (Å²) in [5.41, 5.74) is 1.28. The number of methoxy groups -OCH3 is 1. The Labute approximate surface area is 143 Å². The average Bonchev–Trinajstić information content (AvgIpc) is 2.82. The number of halogens is 2. The van der Waals surface area contributed by atoms with Crippen LogP contribution in [0.15, 0.2) is 30.5 Å². The molecule has 9 heteroatoms. The first-order valence-corrected chi connectivity index (χ1v) is 7.49. The van der Waals surface area contributed by atoms with Gasteiger partial charge in [0.1, 0.15) is 14.5 Å². The predicted molar refractivity (Wildman–Crippen MR) is 89.8 cm³/mol. The van der Waals surface area contributed by atoms with Crippen LogP contribution in [0.3, 0.4) is 0 Å². The van der Waals surface area contributed by atoms with Crippen LogP contribution in [0, 0.1) is 13.8 Å². The summed E-state index contributed by atoms with van der Waals surface area (Å²) in [5, 5.41) is 16.5. The number of aromatic nitrogens is 3. The molecule has 1 aromatic carbocycles. The van der Waals surface area contributed by atoms with Crippen LogP contribution in [-0.4, -0.2) is 26.8 Å². The molecule has 3 aromatic rings. The van der Waals surface area contributed by atoms with E-state index in [9.17, 15) is 10.1 Å². The van der Waals surface area contributed by atoms with Crippen LogP contribution in [0.25, 0.3) is 16.6 Å². The van der Waals surface area contributed by atoms with Gasteiger partial charge >= 0.3 is 0 Å². The number of benzene rings is 1. The van der Waals surface area contributed by atoms with Crippen molar-refractivity contribution in [1.82, 2.24) is 14.8 Å². The van der Waals surface area contributed by atoms with E-state index in [1.807, 2.05) is 0 Å². The number of pyridine rings is 1. The molecule has 0 bridgehead atoms. The fraction of sp³-hybridized carbons (Fsp3) is 0.0769. The van der Waals surface area contributed by atoms with E-state index in [4.69, 9.17) is 16.3 Å². The Kier molecular flexibility index (Phi) is 3.87. The van der Waals surface area contributed by atoms with Crippen LogP contribution < -0.4 is 4.74 Å². The highest BCUT2D eigenvalue weighted by Crippen LogP contribution is 2.31. The van der Waals surface area contributed by atoms with Crippen LogP contribution in [0.1, 0.15) is 0 Å². The van der Waals surface area contributed by atoms with Crippen molar-refractivity contribution in [2.75, 3.05) is 7.11 Å². The molecule has 0 saturated heterocycles. The van der Waals surface area contributed by atoms with E-state index in [2.05, 4.69) is 32.7 Å². The number of rotatable bonds is 3. The lowest BCUT2D eigenvalue weighted by Gasteiger charge is -2.09. The number of fused-ring (bicyclic) bond motifs is 1. The smallest absolute Gasteiger partial charge is 0.273 e. The van der Waals surface area contributed by atoms with Gasteiger partial charge in [-0.15, -0.1) is 0 Å². The molecule has 0 saturated carbocycles. The fourth-order valence-corrected chi connectivity index (χ4v) is 2.87. The van der Waals surface area contributed by atoms with Crippen LogP contribution >= 0.6 is 34.2 Å². The topological polar surface area (TPSA) is 83.1 Å². The van der Waals surface area contributed by atoms with E-state index in [0.717, 1.165) is 14.6 Å². The normalized spacial score (nSPS) is 10.9. The second-order valence-corrected chi connectivity index (χ2v) is 5.75. The molecule has 2 aromatic heterocycles. The third-order valence-electron chi connectivity index (χ3n) is 3.09. The van der Waals surface area contributed by atoms with Crippen LogP contribution in [-0.2, 0) is 0 Å². The second kappa shape index (κ2) is 5.69. The van der Waals surface area contributed by atoms with Crippen LogP contribution in [0.2, 0.25) is 5.15 Å². The molecule has 0 aliphatic heterocycles. The minimum absolute atomic E-state index is 0.0496. The van der Waals surface area contributed by atoms with Gasteiger partial charge in [-0.25, -0.2) is 9.67 Å². The molecule has 0 N–H and O–H groups in total. The number of nitrogens with zero attached hydrogens (tertiary/aromatic N) is 4. The molecule has 0 fully saturated rings. The lowest BCUT2D eigenvalue weighted by molar-refractivity contribution is -0.384. The van der Waals surface area contributed by atoms with Gasteiger partial charge in [-0.3, -0.25) is 10.1 Å². The van der Waals surface area contributed by atoms with Crippen molar-refractivity contribution in [2.45, 2.75) is 0 Å². The van der Waals surface area contributed by atoms with Crippen molar-refractivity contribution in [3.8, 4) is 11.4 Å². The van der Waals surface area contributed by atoms with Gasteiger partial charge in [0, 0.05) is 18.3 Å². The van der Waals surface area contributed by atoms with E-state index in [1.165, 1.54) is 19.2 Å². The van der Waals surface area contributed by atoms with Crippen molar-refractivity contribution in [2.24, 2.45) is 0 Å². The van der Waals surface area contributed by atoms with Gasteiger partial charge in [0.2, 0.25) is 0 Å². The number of ether oxygens (including phenoxy) is 1. The fourth-order valence-electron chi connectivity index (χ4n) is 2.09. The van der Waals surface area contributed by atoms with Crippen LogP contribution in [0.5, 0.6) is 5.75 Å². The maximum Gasteiger partial charge on any atom is 0.273 e. The first kappa shape index (κ1) is 15.0. The molecule has 112 valence electrons. The molecular weight excluding hydrogens is 423 g/mol. The molecule has 0 amide bonds. The van der Waals surface area contributed by atoms with Crippen molar-refractivity contribution in [3.63, 3.8) is 0 Å². The lowest BCUT2D eigenvalue weighted by atomic mass is 10.2. The van der Waals surface area contributed by atoms with Gasteiger partial charge in [-0.2, -0.15) is 5.10 Å². The zero-order valence-corrected chi connectivity index (χ0v) is 14.1. The Hall–Kier alpha value is -1.94. The lowest BCUT2D eigenvalue weighted by Crippen LogP contribution is -2.01. The molecule has 0 radical (unpaired) electrons. The van der Waals surface area contributed by atoms with Crippen LogP contribution in [0.4, 0.5) is 5.69 Å². The van der Waals surface area contributed by atoms with E-state index in [0.29, 0.717) is 16.6 Å². The highest BCUT2D eigenvalue weighted by atomic mass is 127. The number of hydrogen-bond acceptors (Lipinski definition) is 5. The monoisotopic (exact) mass is 430 g/mol. The van der Waals surface area contributed by atoms with Crippen molar-refractivity contribution in [1.29, 1.82) is 0 Å². The van der Waals surface area contributed by atoms with Crippen molar-refractivity contribution < 1.29 is 9.66 Å². The first-order valence-electron chi connectivity index (χ1n) is 6.04. The largest absolute Gasteiger partial charge is 0.494 e. The Morgan fingerprint density at radius 2 is 2.18 bits per heavy atom. The third kappa shape index (κ3) is 2.48. The van der Waals surface area contributed by atoms with Gasteiger partial charge in [-0.05, 0) is 28.7 Å². The molecule has 3 rings (SSSR count). The Balaban J connectivity index is 2.27. The highest BCUT2D eigenvalue weighted by Gasteiger charge is 2.17. The summed E-state index contributed by atoms with van der Waals surface area (Å²) in [4.78, 5) is 14.4. The molecule has 2 heterocycles. The summed E-state index contributed by atoms with van der Waals surface area (Å²) in [6, 6.07) is 6.04. The minimum atomic E-state index is -0.474. The second-order valence-electron chi connectivity index (χ2n) is 4.34. The molecule has 0 spiro atoms. The SMILES string of the molecule is COc1cc([N+](=O)[O-])ccc1-n1nc(I)c2cnc(Cl)cc21. The zero-order chi connectivity index (χ0) is 15.9. The zero-order valence-electron chi connectivity index (χ0n) is 11.2. The van der Waals surface area contributed by atoms with E-state index >= 15 is 0 Å². The summed E-state index contributed by atoms with van der Waals surface area (Å²) in [7, 11) is 1.45. The summed E-state index contributed by atoms with van der Waals surface area (Å²) >= 11 is 8.05. The summed E-state index contributed by atoms with van der Waals surface area (Å²) in [5.74, 6) is 0.350. The highest BCUT2D eigenvalue weighted by molar-refractivity contribution is 14.1. The maximum atomic E-state index is 10.9. The summed E-state index contributed by atoms with van der Waals surface area (Å²) in [6.07, 6.45) is 1.64. The molecule has 22 heavy (non-hydrogen) atoms. The van der Waals surface area contributed by atoms with Gasteiger partial charge in [0.25, 0.3) is 5.69 Å². The Bertz CT molecular complexity index is 896. The first-order chi connectivity index (χ1) is 10.5. The Morgan fingerprint density at radius 1 is 1.41 bits per heavy atom. The molecule has 0 aliphatic rings. The van der Waals surface area contributed by atoms with Crippen molar-refractivity contribution >= 4 is 50.8 Å². The molecular formula is C13H8ClIN4O3. The average molecular weight is 431 g/mol. The number of nitro groups is 1. The van der Waals surface area contributed by atoms with Gasteiger partial charge in [0.05, 0.1) is 29.0 Å². The molecule has 0 unspecified atom stereocenters. The summed E-state index contributed by atoms with van der Waals surface area (Å²) in [6.45, 7) is 0. The van der Waals surface area contributed by atoms with Gasteiger partial charge in [-0.1, -0.05) is 11.6 Å². The molecule has 7 nitrogen and oxygen atoms in total. The maximum absolute atomic E-state index is 10.9. The number of hydrogen-bond donors (Lipinski definition) is 0. The molecule has 0 atom stereocenters. The number of nitro benzene ring substituents is 1. The minimum Gasteiger partial charge on any atom is -0.494 e. The predicted octanol–water partition coefficient (Wildman–Crippen LogP) is 3.60. The molecule has 0 aliphatic carbocycles. The van der Waals surface area contributed by atoms with E-state index in [1.54, 1.807) is 23.0 Å². The quantitative estimate of drug-likeness (QED) is 0.274.